The standard InChI is InChI=1S/C14H14Br2ClN3O/c1-3-18-14-12(16)11(7-21-2)19-13(20-14)8-4-5-10(17)9(15)6-8/h4-6H,3,7H2,1-2H3,(H,18,19,20). The molecule has 112 valence electrons. The zero-order chi connectivity index (χ0) is 15.4. The molecule has 2 aromatic rings. The fraction of sp³-hybridized carbons (Fsp3) is 0.286. The highest BCUT2D eigenvalue weighted by atomic mass is 79.9. The average molecular weight is 436 g/mol. The lowest BCUT2D eigenvalue weighted by atomic mass is 10.2. The number of rotatable bonds is 5. The Kier molecular flexibility index (Phi) is 5.98. The number of aromatic nitrogens is 2. The van der Waals surface area contributed by atoms with Crippen molar-refractivity contribution < 1.29 is 4.74 Å². The summed E-state index contributed by atoms with van der Waals surface area (Å²) in [5, 5.41) is 3.87. The SMILES string of the molecule is CCNc1nc(-c2ccc(Cl)c(Br)c2)nc(COC)c1Br. The second kappa shape index (κ2) is 7.54. The van der Waals surface area contributed by atoms with Crippen molar-refractivity contribution in [3.05, 3.63) is 37.9 Å². The van der Waals surface area contributed by atoms with E-state index < -0.39 is 0 Å². The highest BCUT2D eigenvalue weighted by Crippen LogP contribution is 2.31. The molecule has 0 atom stereocenters. The van der Waals surface area contributed by atoms with E-state index >= 15 is 0 Å². The van der Waals surface area contributed by atoms with Crippen LogP contribution in [0.1, 0.15) is 12.6 Å². The van der Waals surface area contributed by atoms with Gasteiger partial charge in [-0.3, -0.25) is 0 Å². The fourth-order valence-electron chi connectivity index (χ4n) is 1.77. The molecule has 0 amide bonds. The third kappa shape index (κ3) is 3.94. The molecule has 0 radical (unpaired) electrons. The van der Waals surface area contributed by atoms with Gasteiger partial charge in [0.1, 0.15) is 5.82 Å². The minimum atomic E-state index is 0.406. The zero-order valence-corrected chi connectivity index (χ0v) is 15.5. The lowest BCUT2D eigenvalue weighted by Gasteiger charge is -2.12. The Morgan fingerprint density at radius 1 is 1.29 bits per heavy atom. The van der Waals surface area contributed by atoms with Crippen LogP contribution in [0.5, 0.6) is 0 Å². The van der Waals surface area contributed by atoms with E-state index in [1.165, 1.54) is 0 Å². The van der Waals surface area contributed by atoms with Gasteiger partial charge in [-0.2, -0.15) is 0 Å². The fourth-order valence-corrected chi connectivity index (χ4v) is 2.70. The first-order valence-electron chi connectivity index (χ1n) is 6.31. The summed E-state index contributed by atoms with van der Waals surface area (Å²) in [6.45, 7) is 3.19. The number of hydrogen-bond donors (Lipinski definition) is 1. The van der Waals surface area contributed by atoms with Crippen molar-refractivity contribution in [2.75, 3.05) is 19.0 Å². The van der Waals surface area contributed by atoms with Gasteiger partial charge < -0.3 is 10.1 Å². The Bertz CT molecular complexity index is 625. The molecule has 2 rings (SSSR count). The van der Waals surface area contributed by atoms with Crippen molar-refractivity contribution in [3.63, 3.8) is 0 Å². The van der Waals surface area contributed by atoms with Crippen LogP contribution in [-0.4, -0.2) is 23.6 Å². The third-order valence-corrected chi connectivity index (χ3v) is 4.77. The summed E-state index contributed by atoms with van der Waals surface area (Å²) >= 11 is 13.0. The lowest BCUT2D eigenvalue weighted by molar-refractivity contribution is 0.181. The van der Waals surface area contributed by atoms with Gasteiger partial charge in [0.25, 0.3) is 0 Å². The van der Waals surface area contributed by atoms with Crippen LogP contribution in [0.4, 0.5) is 5.82 Å². The predicted octanol–water partition coefficient (Wildman–Crippen LogP) is 4.90. The van der Waals surface area contributed by atoms with Crippen LogP contribution in [0.3, 0.4) is 0 Å². The summed E-state index contributed by atoms with van der Waals surface area (Å²) in [6, 6.07) is 5.61. The molecule has 0 saturated carbocycles. The van der Waals surface area contributed by atoms with E-state index in [4.69, 9.17) is 16.3 Å². The van der Waals surface area contributed by atoms with E-state index in [-0.39, 0.29) is 0 Å². The van der Waals surface area contributed by atoms with E-state index in [9.17, 15) is 0 Å². The molecule has 21 heavy (non-hydrogen) atoms. The smallest absolute Gasteiger partial charge is 0.161 e. The third-order valence-electron chi connectivity index (χ3n) is 2.72. The van der Waals surface area contributed by atoms with Crippen molar-refractivity contribution >= 4 is 49.3 Å². The maximum absolute atomic E-state index is 6.03. The van der Waals surface area contributed by atoms with E-state index in [1.807, 2.05) is 25.1 Å². The predicted molar refractivity (Wildman–Crippen MR) is 92.8 cm³/mol. The van der Waals surface area contributed by atoms with Gasteiger partial charge in [0, 0.05) is 23.7 Å². The number of halogens is 3. The van der Waals surface area contributed by atoms with Crippen molar-refractivity contribution in [1.82, 2.24) is 9.97 Å². The normalized spacial score (nSPS) is 10.7. The minimum Gasteiger partial charge on any atom is -0.378 e. The number of nitrogens with zero attached hydrogens (tertiary/aromatic N) is 2. The molecule has 1 aromatic carbocycles. The van der Waals surface area contributed by atoms with Gasteiger partial charge in [0.05, 0.1) is 21.8 Å². The summed E-state index contributed by atoms with van der Waals surface area (Å²) < 4.78 is 6.83. The van der Waals surface area contributed by atoms with Gasteiger partial charge in [0.15, 0.2) is 5.82 Å². The second-order valence-corrected chi connectivity index (χ2v) is 6.30. The first-order valence-corrected chi connectivity index (χ1v) is 8.27. The molecule has 0 aliphatic rings. The van der Waals surface area contributed by atoms with Gasteiger partial charge in [0.2, 0.25) is 0 Å². The molecule has 0 fully saturated rings. The highest BCUT2D eigenvalue weighted by molar-refractivity contribution is 9.11. The van der Waals surface area contributed by atoms with Crippen molar-refractivity contribution in [3.8, 4) is 11.4 Å². The number of benzene rings is 1. The number of nitrogens with one attached hydrogen (secondary N) is 1. The number of methoxy groups -OCH3 is 1. The second-order valence-electron chi connectivity index (χ2n) is 4.25. The maximum atomic E-state index is 6.03. The lowest BCUT2D eigenvalue weighted by Crippen LogP contribution is -2.06. The molecule has 1 heterocycles. The van der Waals surface area contributed by atoms with E-state index in [0.29, 0.717) is 17.5 Å². The maximum Gasteiger partial charge on any atom is 0.161 e. The van der Waals surface area contributed by atoms with Crippen LogP contribution >= 0.6 is 43.5 Å². The van der Waals surface area contributed by atoms with Crippen LogP contribution in [0.2, 0.25) is 5.02 Å². The van der Waals surface area contributed by atoms with Crippen molar-refractivity contribution in [2.45, 2.75) is 13.5 Å². The largest absolute Gasteiger partial charge is 0.378 e. The van der Waals surface area contributed by atoms with Gasteiger partial charge in [-0.25, -0.2) is 9.97 Å². The Morgan fingerprint density at radius 3 is 2.67 bits per heavy atom. The van der Waals surface area contributed by atoms with Gasteiger partial charge in [-0.15, -0.1) is 0 Å². The van der Waals surface area contributed by atoms with E-state index in [0.717, 1.165) is 32.6 Å². The molecule has 1 N–H and O–H groups in total. The molecule has 1 aromatic heterocycles. The molecule has 0 unspecified atom stereocenters. The molecule has 0 aliphatic carbocycles. The van der Waals surface area contributed by atoms with Gasteiger partial charge in [-0.05, 0) is 57.0 Å². The van der Waals surface area contributed by atoms with Gasteiger partial charge in [-0.1, -0.05) is 11.6 Å². The number of hydrogen-bond acceptors (Lipinski definition) is 4. The summed E-state index contributed by atoms with van der Waals surface area (Å²) in [7, 11) is 1.64. The average Bonchev–Trinajstić information content (AvgIpc) is 2.46. The van der Waals surface area contributed by atoms with E-state index in [2.05, 4.69) is 47.1 Å². The van der Waals surface area contributed by atoms with Crippen LogP contribution in [0, 0.1) is 0 Å². The van der Waals surface area contributed by atoms with Crippen molar-refractivity contribution in [2.24, 2.45) is 0 Å². The molecule has 7 heteroatoms. The Hall–Kier alpha value is -0.690. The Morgan fingerprint density at radius 2 is 2.05 bits per heavy atom. The van der Waals surface area contributed by atoms with Crippen LogP contribution < -0.4 is 5.32 Å². The number of ether oxygens (including phenoxy) is 1. The summed E-state index contributed by atoms with van der Waals surface area (Å²) in [4.78, 5) is 9.12. The number of anilines is 1. The minimum absolute atomic E-state index is 0.406. The van der Waals surface area contributed by atoms with Crippen molar-refractivity contribution in [1.29, 1.82) is 0 Å². The van der Waals surface area contributed by atoms with Crippen LogP contribution in [-0.2, 0) is 11.3 Å². The van der Waals surface area contributed by atoms with Crippen LogP contribution in [0.25, 0.3) is 11.4 Å². The molecule has 0 spiro atoms. The summed E-state index contributed by atoms with van der Waals surface area (Å²) in [5.74, 6) is 1.37. The Balaban J connectivity index is 2.53. The van der Waals surface area contributed by atoms with Gasteiger partial charge >= 0.3 is 0 Å². The first-order chi connectivity index (χ1) is 10.1. The quantitative estimate of drug-likeness (QED) is 0.726. The molecule has 0 saturated heterocycles. The first kappa shape index (κ1) is 16.7. The zero-order valence-electron chi connectivity index (χ0n) is 11.6. The van der Waals surface area contributed by atoms with E-state index in [1.54, 1.807) is 7.11 Å². The summed E-state index contributed by atoms with van der Waals surface area (Å²) in [5.41, 5.74) is 1.68. The molecular weight excluding hydrogens is 421 g/mol. The van der Waals surface area contributed by atoms with Crippen LogP contribution in [0.15, 0.2) is 27.1 Å². The molecule has 4 nitrogen and oxygen atoms in total. The Labute approximate surface area is 145 Å². The monoisotopic (exact) mass is 433 g/mol. The topological polar surface area (TPSA) is 47.0 Å². The molecule has 0 aliphatic heterocycles. The molecule has 0 bridgehead atoms. The highest BCUT2D eigenvalue weighted by Gasteiger charge is 2.13. The molecular formula is C14H14Br2ClN3O. The summed E-state index contributed by atoms with van der Waals surface area (Å²) in [6.07, 6.45) is 0.